The summed E-state index contributed by atoms with van der Waals surface area (Å²) < 4.78 is 39.2. The number of hydrogen-bond acceptors (Lipinski definition) is 6. The molecule has 0 N–H and O–H groups in total. The highest BCUT2D eigenvalue weighted by Crippen LogP contribution is 2.33. The van der Waals surface area contributed by atoms with Gasteiger partial charge in [0.25, 0.3) is 5.91 Å². The Kier molecular flexibility index (Phi) is 7.68. The van der Waals surface area contributed by atoms with Gasteiger partial charge in [0.15, 0.2) is 0 Å². The number of thiazole rings is 1. The number of carbonyl (C=O) groups excluding carboxylic acids is 1. The van der Waals surface area contributed by atoms with Gasteiger partial charge in [-0.1, -0.05) is 18.2 Å². The van der Waals surface area contributed by atoms with Crippen LogP contribution in [0.1, 0.15) is 50.9 Å². The highest BCUT2D eigenvalue weighted by molar-refractivity contribution is 7.09. The number of nitriles is 1. The van der Waals surface area contributed by atoms with Crippen LogP contribution in [0.15, 0.2) is 53.9 Å². The molecule has 3 aromatic rings. The molecule has 2 saturated heterocycles. The van der Waals surface area contributed by atoms with Gasteiger partial charge in [-0.25, -0.2) is 4.98 Å². The normalized spacial score (nSPS) is 17.4. The van der Waals surface area contributed by atoms with E-state index in [0.717, 1.165) is 43.5 Å². The number of benzene rings is 2. The van der Waals surface area contributed by atoms with Crippen molar-refractivity contribution < 1.29 is 18.0 Å². The molecule has 0 bridgehead atoms. The molecule has 2 aliphatic rings. The highest BCUT2D eigenvalue weighted by Gasteiger charge is 2.32. The zero-order chi connectivity index (χ0) is 26.7. The first kappa shape index (κ1) is 26.2. The zero-order valence-corrected chi connectivity index (χ0v) is 21.6. The molecule has 10 heteroatoms. The van der Waals surface area contributed by atoms with E-state index in [9.17, 15) is 18.0 Å². The minimum Gasteiger partial charge on any atom is -0.368 e. The van der Waals surface area contributed by atoms with Gasteiger partial charge in [-0.05, 0) is 61.8 Å². The van der Waals surface area contributed by atoms with Gasteiger partial charge in [0.05, 0.1) is 22.2 Å². The number of amides is 1. The molecule has 6 nitrogen and oxygen atoms in total. The van der Waals surface area contributed by atoms with Crippen molar-refractivity contribution in [3.63, 3.8) is 0 Å². The Hall–Kier alpha value is -3.42. The molecule has 0 unspecified atom stereocenters. The summed E-state index contributed by atoms with van der Waals surface area (Å²) in [7, 11) is 0. The van der Waals surface area contributed by atoms with E-state index in [0.29, 0.717) is 49.0 Å². The maximum atomic E-state index is 13.1. The van der Waals surface area contributed by atoms with E-state index in [4.69, 9.17) is 10.2 Å². The van der Waals surface area contributed by atoms with Gasteiger partial charge in [0.2, 0.25) is 0 Å². The van der Waals surface area contributed by atoms with Crippen LogP contribution >= 0.6 is 11.3 Å². The molecule has 0 radical (unpaired) electrons. The predicted octanol–water partition coefficient (Wildman–Crippen LogP) is 5.38. The van der Waals surface area contributed by atoms with Crippen molar-refractivity contribution in [1.82, 2.24) is 14.8 Å². The van der Waals surface area contributed by atoms with E-state index in [-0.39, 0.29) is 5.91 Å². The Bertz CT molecular complexity index is 1300. The molecule has 38 heavy (non-hydrogen) atoms. The average molecular weight is 540 g/mol. The van der Waals surface area contributed by atoms with E-state index in [1.807, 2.05) is 34.5 Å². The number of nitrogens with zero attached hydrogens (tertiary/aromatic N) is 5. The average Bonchev–Trinajstić information content (AvgIpc) is 3.44. The molecular formula is C28H28F3N5OS. The lowest BCUT2D eigenvalue weighted by molar-refractivity contribution is -0.137. The van der Waals surface area contributed by atoms with Crippen molar-refractivity contribution in [1.29, 1.82) is 5.26 Å². The monoisotopic (exact) mass is 539 g/mol. The van der Waals surface area contributed by atoms with E-state index in [1.54, 1.807) is 11.0 Å². The Morgan fingerprint density at radius 3 is 2.39 bits per heavy atom. The van der Waals surface area contributed by atoms with Gasteiger partial charge < -0.3 is 9.80 Å². The summed E-state index contributed by atoms with van der Waals surface area (Å²) in [5.41, 5.74) is 2.17. The second-order valence-corrected chi connectivity index (χ2v) is 10.6. The smallest absolute Gasteiger partial charge is 0.368 e. The maximum Gasteiger partial charge on any atom is 0.416 e. The lowest BCUT2D eigenvalue weighted by atomic mass is 9.97. The Labute approximate surface area is 223 Å². The summed E-state index contributed by atoms with van der Waals surface area (Å²) in [6, 6.07) is 15.2. The lowest BCUT2D eigenvalue weighted by Gasteiger charge is -2.36. The molecule has 0 saturated carbocycles. The highest BCUT2D eigenvalue weighted by atomic mass is 32.1. The topological polar surface area (TPSA) is 63.5 Å². The molecule has 0 atom stereocenters. The number of rotatable bonds is 5. The van der Waals surface area contributed by atoms with E-state index >= 15 is 0 Å². The van der Waals surface area contributed by atoms with E-state index in [2.05, 4.69) is 11.0 Å². The molecule has 198 valence electrons. The van der Waals surface area contributed by atoms with Gasteiger partial charge in [-0.3, -0.25) is 9.69 Å². The minimum atomic E-state index is -4.38. The summed E-state index contributed by atoms with van der Waals surface area (Å²) in [4.78, 5) is 23.8. The van der Waals surface area contributed by atoms with Crippen LogP contribution in [-0.4, -0.2) is 60.0 Å². The van der Waals surface area contributed by atoms with Crippen LogP contribution in [0.5, 0.6) is 0 Å². The van der Waals surface area contributed by atoms with Gasteiger partial charge >= 0.3 is 6.18 Å². The Morgan fingerprint density at radius 2 is 1.74 bits per heavy atom. The van der Waals surface area contributed by atoms with E-state index in [1.165, 1.54) is 29.0 Å². The van der Waals surface area contributed by atoms with Crippen LogP contribution in [-0.2, 0) is 12.7 Å². The van der Waals surface area contributed by atoms with Gasteiger partial charge in [-0.15, -0.1) is 11.3 Å². The van der Waals surface area contributed by atoms with Gasteiger partial charge in [0, 0.05) is 49.7 Å². The molecule has 2 fully saturated rings. The summed E-state index contributed by atoms with van der Waals surface area (Å²) in [5.74, 6) is 0.214. The summed E-state index contributed by atoms with van der Waals surface area (Å²) in [5, 5.41) is 11.8. The molecule has 0 aliphatic carbocycles. The third-order valence-corrected chi connectivity index (χ3v) is 8.28. The van der Waals surface area contributed by atoms with Crippen molar-refractivity contribution in [2.75, 3.05) is 44.2 Å². The Morgan fingerprint density at radius 1 is 1.03 bits per heavy atom. The second kappa shape index (κ2) is 11.1. The summed E-state index contributed by atoms with van der Waals surface area (Å²) >= 11 is 1.53. The fraction of sp³-hybridized carbons (Fsp3) is 0.393. The number of anilines is 1. The van der Waals surface area contributed by atoms with Gasteiger partial charge in [-0.2, -0.15) is 18.4 Å². The largest absolute Gasteiger partial charge is 0.416 e. The first-order valence-corrected chi connectivity index (χ1v) is 13.6. The van der Waals surface area contributed by atoms with Crippen LogP contribution in [0.2, 0.25) is 0 Å². The molecular weight excluding hydrogens is 511 g/mol. The maximum absolute atomic E-state index is 13.1. The van der Waals surface area contributed by atoms with Crippen LogP contribution < -0.4 is 4.90 Å². The molecule has 2 aliphatic heterocycles. The van der Waals surface area contributed by atoms with Crippen molar-refractivity contribution >= 4 is 22.9 Å². The molecule has 1 aromatic heterocycles. The predicted molar refractivity (Wildman–Crippen MR) is 140 cm³/mol. The summed E-state index contributed by atoms with van der Waals surface area (Å²) in [6.07, 6.45) is -2.42. The summed E-state index contributed by atoms with van der Waals surface area (Å²) in [6.45, 7) is 4.58. The number of carbonyl (C=O) groups is 1. The second-order valence-electron chi connectivity index (χ2n) is 9.76. The van der Waals surface area contributed by atoms with Gasteiger partial charge in [0.1, 0.15) is 5.69 Å². The molecule has 1 amide bonds. The number of likely N-dealkylation sites (tertiary alicyclic amines) is 1. The molecule has 5 rings (SSSR count). The number of piperazine rings is 1. The molecule has 0 spiro atoms. The van der Waals surface area contributed by atoms with Crippen molar-refractivity contribution in [2.45, 2.75) is 31.5 Å². The van der Waals surface area contributed by atoms with Crippen LogP contribution in [0.4, 0.5) is 18.9 Å². The first-order valence-electron chi connectivity index (χ1n) is 12.7. The number of aromatic nitrogens is 1. The fourth-order valence-corrected chi connectivity index (χ4v) is 6.03. The number of hydrogen-bond donors (Lipinski definition) is 0. The zero-order valence-electron chi connectivity index (χ0n) is 20.8. The standard InChI is InChI=1S/C28H28F3N5OS/c29-28(30,31)23-2-1-3-24(16-23)35-12-14-36(15-13-35)27(37)25-19-38-26(33-25)22-8-10-34(11-9-22)18-21-6-4-20(17-32)5-7-21/h1-7,16,19,22H,8-15,18H2. The molecule has 2 aromatic carbocycles. The van der Waals surface area contributed by atoms with Crippen LogP contribution in [0, 0.1) is 11.3 Å². The first-order chi connectivity index (χ1) is 18.3. The van der Waals surface area contributed by atoms with Crippen LogP contribution in [0.25, 0.3) is 0 Å². The van der Waals surface area contributed by atoms with Crippen molar-refractivity contribution in [2.24, 2.45) is 0 Å². The van der Waals surface area contributed by atoms with Crippen molar-refractivity contribution in [3.05, 3.63) is 81.3 Å². The number of alkyl halides is 3. The third kappa shape index (κ3) is 6.00. The number of halogens is 3. The van der Waals surface area contributed by atoms with E-state index < -0.39 is 11.7 Å². The fourth-order valence-electron chi connectivity index (χ4n) is 5.06. The SMILES string of the molecule is N#Cc1ccc(CN2CCC(c3nc(C(=O)N4CCN(c5cccc(C(F)(F)F)c5)CC4)cs3)CC2)cc1. The van der Waals surface area contributed by atoms with Crippen LogP contribution in [0.3, 0.4) is 0 Å². The van der Waals surface area contributed by atoms with Crippen molar-refractivity contribution in [3.8, 4) is 6.07 Å². The number of piperidine rings is 1. The molecule has 3 heterocycles. The lowest BCUT2D eigenvalue weighted by Crippen LogP contribution is -2.49. The quantitative estimate of drug-likeness (QED) is 0.436. The Balaban J connectivity index is 1.12. The third-order valence-electron chi connectivity index (χ3n) is 7.27. The minimum absolute atomic E-state index is 0.116.